The molecule has 0 radical (unpaired) electrons. The fourth-order valence-electron chi connectivity index (χ4n) is 6.43. The highest BCUT2D eigenvalue weighted by Crippen LogP contribution is 2.41. The predicted octanol–water partition coefficient (Wildman–Crippen LogP) is 5.54. The third-order valence-corrected chi connectivity index (χ3v) is 8.64. The number of para-hydroxylation sites is 3. The fourth-order valence-corrected chi connectivity index (χ4v) is 6.43. The van der Waals surface area contributed by atoms with Gasteiger partial charge in [-0.3, -0.25) is 20.0 Å². The van der Waals surface area contributed by atoms with Gasteiger partial charge in [0, 0.05) is 23.7 Å². The number of rotatable bonds is 8. The zero-order valence-corrected chi connectivity index (χ0v) is 24.4. The van der Waals surface area contributed by atoms with Crippen molar-refractivity contribution in [1.82, 2.24) is 19.7 Å². The number of hydrazine groups is 1. The van der Waals surface area contributed by atoms with Gasteiger partial charge < -0.3 is 15.2 Å². The van der Waals surface area contributed by atoms with Crippen molar-refractivity contribution >= 4 is 28.8 Å². The second-order valence-electron chi connectivity index (χ2n) is 11.2. The van der Waals surface area contributed by atoms with E-state index in [1.165, 1.54) is 0 Å². The molecule has 0 aliphatic carbocycles. The van der Waals surface area contributed by atoms with Crippen LogP contribution in [0.4, 0.5) is 11.4 Å². The van der Waals surface area contributed by atoms with Gasteiger partial charge in [0.2, 0.25) is 11.8 Å². The number of piperidine rings is 1. The zero-order chi connectivity index (χ0) is 29.9. The van der Waals surface area contributed by atoms with Crippen LogP contribution in [-0.2, 0) is 9.59 Å². The summed E-state index contributed by atoms with van der Waals surface area (Å²) in [7, 11) is 0. The number of nitrogen functional groups attached to an aromatic ring is 1. The summed E-state index contributed by atoms with van der Waals surface area (Å²) >= 11 is 0. The standard InChI is InChI=1S/C34H37N7O2/c1-3-25-15-11-12-20-39(25)31(42)22-40-29-18-9-10-19-30(29)41-32(24-13-5-4-6-14-24)37-38-33(41)27(34(40)43)21-23(2)26-16-7-8-17-28(26)36-35/h4-10,13-14,16-19,25,27,36H,2-3,11-12,15,20-22,35H2,1H3. The molecule has 4 aromatic rings. The number of aromatic nitrogens is 3. The molecule has 0 spiro atoms. The molecule has 1 aromatic heterocycles. The number of nitrogens with one attached hydrogen (secondary N) is 1. The SMILES string of the molecule is C=C(CC1C(=O)N(CC(=O)N2CCCCC2CC)c2ccccc2-n2c(-c3ccccc3)nnc21)c1ccccc1NN. The molecule has 9 nitrogen and oxygen atoms in total. The van der Waals surface area contributed by atoms with Gasteiger partial charge in [0.1, 0.15) is 12.5 Å². The van der Waals surface area contributed by atoms with Crippen molar-refractivity contribution < 1.29 is 9.59 Å². The van der Waals surface area contributed by atoms with Crippen LogP contribution in [0, 0.1) is 0 Å². The van der Waals surface area contributed by atoms with Crippen LogP contribution in [0.15, 0.2) is 85.4 Å². The molecule has 6 rings (SSSR count). The molecule has 2 amide bonds. The van der Waals surface area contributed by atoms with E-state index < -0.39 is 5.92 Å². The number of hydrogen-bond donors (Lipinski definition) is 2. The second kappa shape index (κ2) is 12.2. The molecule has 0 saturated carbocycles. The number of allylic oxidation sites excluding steroid dienone is 1. The van der Waals surface area contributed by atoms with Crippen LogP contribution >= 0.6 is 0 Å². The van der Waals surface area contributed by atoms with Gasteiger partial charge in [0.25, 0.3) is 0 Å². The highest BCUT2D eigenvalue weighted by Gasteiger charge is 2.39. The van der Waals surface area contributed by atoms with Gasteiger partial charge in [0.15, 0.2) is 11.6 Å². The van der Waals surface area contributed by atoms with Crippen LogP contribution in [0.5, 0.6) is 0 Å². The molecular weight excluding hydrogens is 538 g/mol. The van der Waals surface area contributed by atoms with Crippen molar-refractivity contribution in [2.45, 2.75) is 51.0 Å². The minimum Gasteiger partial charge on any atom is -0.338 e. The Labute approximate surface area is 252 Å². The Balaban J connectivity index is 1.47. The van der Waals surface area contributed by atoms with Crippen molar-refractivity contribution in [3.05, 3.63) is 96.8 Å². The van der Waals surface area contributed by atoms with E-state index in [2.05, 4.69) is 29.1 Å². The van der Waals surface area contributed by atoms with E-state index in [9.17, 15) is 9.59 Å². The summed E-state index contributed by atoms with van der Waals surface area (Å²) < 4.78 is 1.97. The Morgan fingerprint density at radius 1 is 0.977 bits per heavy atom. The fraction of sp³-hybridized carbons (Fsp3) is 0.294. The van der Waals surface area contributed by atoms with Crippen LogP contribution in [0.2, 0.25) is 0 Å². The maximum Gasteiger partial charge on any atom is 0.242 e. The minimum absolute atomic E-state index is 0.0362. The molecule has 9 heteroatoms. The molecule has 3 aromatic carbocycles. The maximum absolute atomic E-state index is 14.7. The number of hydrogen-bond acceptors (Lipinski definition) is 6. The summed E-state index contributed by atoms with van der Waals surface area (Å²) in [6.45, 7) is 7.15. The van der Waals surface area contributed by atoms with E-state index in [-0.39, 0.29) is 30.8 Å². The van der Waals surface area contributed by atoms with Gasteiger partial charge >= 0.3 is 0 Å². The molecule has 2 atom stereocenters. The zero-order valence-electron chi connectivity index (χ0n) is 24.4. The van der Waals surface area contributed by atoms with E-state index in [0.29, 0.717) is 29.6 Å². The first-order chi connectivity index (χ1) is 21.0. The largest absolute Gasteiger partial charge is 0.338 e. The Kier molecular flexibility index (Phi) is 8.07. The van der Waals surface area contributed by atoms with Crippen molar-refractivity contribution in [1.29, 1.82) is 0 Å². The van der Waals surface area contributed by atoms with Gasteiger partial charge in [-0.15, -0.1) is 10.2 Å². The second-order valence-corrected chi connectivity index (χ2v) is 11.2. The molecule has 220 valence electrons. The number of fused-ring (bicyclic) bond motifs is 3. The average molecular weight is 576 g/mol. The highest BCUT2D eigenvalue weighted by molar-refractivity contribution is 6.05. The van der Waals surface area contributed by atoms with Gasteiger partial charge in [-0.05, 0) is 55.9 Å². The number of nitrogens with zero attached hydrogens (tertiary/aromatic N) is 5. The number of amides is 2. The predicted molar refractivity (Wildman–Crippen MR) is 169 cm³/mol. The van der Waals surface area contributed by atoms with Gasteiger partial charge in [-0.1, -0.05) is 74.2 Å². The number of anilines is 2. The van der Waals surface area contributed by atoms with Crippen molar-refractivity contribution in [2.75, 3.05) is 23.4 Å². The lowest BCUT2D eigenvalue weighted by molar-refractivity contribution is -0.135. The molecule has 2 aliphatic rings. The van der Waals surface area contributed by atoms with E-state index in [1.54, 1.807) is 4.90 Å². The number of nitrogens with two attached hydrogens (primary N) is 1. The van der Waals surface area contributed by atoms with Crippen molar-refractivity contribution in [3.8, 4) is 17.1 Å². The molecule has 2 aliphatic heterocycles. The lowest BCUT2D eigenvalue weighted by Crippen LogP contribution is -2.49. The molecule has 3 N–H and O–H groups in total. The van der Waals surface area contributed by atoms with Gasteiger partial charge in [-0.25, -0.2) is 0 Å². The van der Waals surface area contributed by atoms with Crippen LogP contribution in [0.25, 0.3) is 22.6 Å². The Bertz CT molecular complexity index is 1650. The monoisotopic (exact) mass is 575 g/mol. The van der Waals surface area contributed by atoms with Crippen LogP contribution in [0.1, 0.15) is 56.3 Å². The highest BCUT2D eigenvalue weighted by atomic mass is 16.2. The summed E-state index contributed by atoms with van der Waals surface area (Å²) in [5, 5.41) is 9.22. The number of carbonyl (C=O) groups is 2. The summed E-state index contributed by atoms with van der Waals surface area (Å²) in [6.07, 6.45) is 4.25. The maximum atomic E-state index is 14.7. The molecule has 1 saturated heterocycles. The number of carbonyl (C=O) groups excluding carboxylic acids is 2. The number of likely N-dealkylation sites (tertiary alicyclic amines) is 1. The molecule has 43 heavy (non-hydrogen) atoms. The lowest BCUT2D eigenvalue weighted by atomic mass is 9.92. The topological polar surface area (TPSA) is 109 Å². The van der Waals surface area contributed by atoms with Crippen LogP contribution in [-0.4, -0.2) is 50.6 Å². The molecule has 0 bridgehead atoms. The Morgan fingerprint density at radius 2 is 1.70 bits per heavy atom. The normalized spacial score (nSPS) is 18.0. The smallest absolute Gasteiger partial charge is 0.242 e. The Morgan fingerprint density at radius 3 is 2.47 bits per heavy atom. The first-order valence-electron chi connectivity index (χ1n) is 15.0. The van der Waals surface area contributed by atoms with Gasteiger partial charge in [0.05, 0.1) is 17.1 Å². The third kappa shape index (κ3) is 5.32. The summed E-state index contributed by atoms with van der Waals surface area (Å²) in [5.74, 6) is 5.96. The molecular formula is C34H37N7O2. The van der Waals surface area contributed by atoms with Crippen molar-refractivity contribution in [3.63, 3.8) is 0 Å². The van der Waals surface area contributed by atoms with E-state index in [4.69, 9.17) is 5.84 Å². The number of benzene rings is 3. The molecule has 2 unspecified atom stereocenters. The molecule has 3 heterocycles. The first kappa shape index (κ1) is 28.4. The van der Waals surface area contributed by atoms with E-state index >= 15 is 0 Å². The third-order valence-electron chi connectivity index (χ3n) is 8.64. The summed E-state index contributed by atoms with van der Waals surface area (Å²) in [6, 6.07) is 25.3. The summed E-state index contributed by atoms with van der Waals surface area (Å²) in [4.78, 5) is 32.2. The molecule has 1 fully saturated rings. The Hall–Kier alpha value is -4.76. The van der Waals surface area contributed by atoms with E-state index in [1.807, 2.05) is 88.3 Å². The van der Waals surface area contributed by atoms with E-state index in [0.717, 1.165) is 48.1 Å². The minimum atomic E-state index is -0.744. The summed E-state index contributed by atoms with van der Waals surface area (Å²) in [5.41, 5.74) is 7.28. The lowest BCUT2D eigenvalue weighted by Gasteiger charge is -2.37. The van der Waals surface area contributed by atoms with Gasteiger partial charge in [-0.2, -0.15) is 0 Å². The van der Waals surface area contributed by atoms with Crippen molar-refractivity contribution in [2.24, 2.45) is 5.84 Å². The van der Waals surface area contributed by atoms with Crippen LogP contribution in [0.3, 0.4) is 0 Å². The van der Waals surface area contributed by atoms with Crippen LogP contribution < -0.4 is 16.2 Å². The average Bonchev–Trinajstić information content (AvgIpc) is 3.47. The quantitative estimate of drug-likeness (QED) is 0.211. The first-order valence-corrected chi connectivity index (χ1v) is 15.0.